The number of anilines is 1. The largest absolute Gasteiger partial charge is 0.489 e. The Morgan fingerprint density at radius 1 is 1.11 bits per heavy atom. The van der Waals surface area contributed by atoms with Crippen LogP contribution in [0.5, 0.6) is 5.75 Å². The maximum absolute atomic E-state index is 5.99. The summed E-state index contributed by atoms with van der Waals surface area (Å²) in [4.78, 5) is 0. The summed E-state index contributed by atoms with van der Waals surface area (Å²) in [6.45, 7) is 4.61. The Hall–Kier alpha value is -1.67. The molecule has 0 radical (unpaired) electrons. The van der Waals surface area contributed by atoms with Crippen LogP contribution < -0.4 is 10.5 Å². The van der Waals surface area contributed by atoms with Gasteiger partial charge in [-0.25, -0.2) is 0 Å². The average Bonchev–Trinajstić information content (AvgIpc) is 2.40. The number of hydrogen-bond donors (Lipinski definition) is 1. The van der Waals surface area contributed by atoms with Crippen molar-refractivity contribution in [1.82, 2.24) is 0 Å². The number of benzene rings is 2. The molecule has 19 heavy (non-hydrogen) atoms. The number of nitrogen functional groups attached to an aromatic ring is 1. The maximum atomic E-state index is 5.99. The maximum Gasteiger partial charge on any atom is 0.120 e. The molecule has 0 spiro atoms. The highest BCUT2D eigenvalue weighted by atomic mass is 35.5. The predicted octanol–water partition coefficient (Wildman–Crippen LogP) is 4.37. The summed E-state index contributed by atoms with van der Waals surface area (Å²) < 4.78 is 5.81. The molecule has 2 aromatic rings. The zero-order valence-corrected chi connectivity index (χ0v) is 12.0. The zero-order valence-electron chi connectivity index (χ0n) is 11.2. The third-order valence-corrected chi connectivity index (χ3v) is 3.56. The number of ether oxygens (including phenoxy) is 1. The Kier molecular flexibility index (Phi) is 4.33. The molecule has 0 amide bonds. The van der Waals surface area contributed by atoms with Crippen molar-refractivity contribution in [2.45, 2.75) is 26.9 Å². The molecule has 0 bridgehead atoms. The predicted molar refractivity (Wildman–Crippen MR) is 80.8 cm³/mol. The number of rotatable bonds is 4. The Bertz CT molecular complexity index is 581. The molecule has 0 saturated carbocycles. The molecule has 0 saturated heterocycles. The summed E-state index contributed by atoms with van der Waals surface area (Å²) in [6, 6.07) is 11.6. The van der Waals surface area contributed by atoms with Gasteiger partial charge in [0.1, 0.15) is 12.4 Å². The van der Waals surface area contributed by atoms with Crippen LogP contribution in [0.3, 0.4) is 0 Å². The van der Waals surface area contributed by atoms with Crippen LogP contribution in [0, 0.1) is 6.92 Å². The second-order valence-corrected chi connectivity index (χ2v) is 4.99. The molecule has 0 aromatic heterocycles. The smallest absolute Gasteiger partial charge is 0.120 e. The Morgan fingerprint density at radius 2 is 1.89 bits per heavy atom. The minimum atomic E-state index is 0.523. The van der Waals surface area contributed by atoms with Crippen LogP contribution in [0.25, 0.3) is 0 Å². The van der Waals surface area contributed by atoms with Crippen LogP contribution in [-0.4, -0.2) is 0 Å². The first-order valence-corrected chi connectivity index (χ1v) is 6.74. The van der Waals surface area contributed by atoms with E-state index >= 15 is 0 Å². The van der Waals surface area contributed by atoms with Gasteiger partial charge in [-0.05, 0) is 60.4 Å². The van der Waals surface area contributed by atoms with E-state index in [1.165, 1.54) is 5.56 Å². The minimum absolute atomic E-state index is 0.523. The topological polar surface area (TPSA) is 35.2 Å². The summed E-state index contributed by atoms with van der Waals surface area (Å²) in [5, 5.41) is 0.755. The van der Waals surface area contributed by atoms with Gasteiger partial charge in [0.15, 0.2) is 0 Å². The fourth-order valence-electron chi connectivity index (χ4n) is 1.99. The lowest BCUT2D eigenvalue weighted by molar-refractivity contribution is 0.305. The normalized spacial score (nSPS) is 10.5. The number of nitrogens with two attached hydrogens (primary N) is 1. The van der Waals surface area contributed by atoms with Crippen molar-refractivity contribution in [1.29, 1.82) is 0 Å². The fourth-order valence-corrected chi connectivity index (χ4v) is 2.11. The van der Waals surface area contributed by atoms with Crippen molar-refractivity contribution < 1.29 is 4.74 Å². The molecule has 0 atom stereocenters. The SMILES string of the molecule is CCc1ccc(N)cc1COc1ccc(Cl)c(C)c1. The van der Waals surface area contributed by atoms with E-state index in [0.717, 1.165) is 34.0 Å². The second-order valence-electron chi connectivity index (χ2n) is 4.58. The third-order valence-electron chi connectivity index (χ3n) is 3.13. The molecular weight excluding hydrogens is 258 g/mol. The van der Waals surface area contributed by atoms with Gasteiger partial charge < -0.3 is 10.5 Å². The highest BCUT2D eigenvalue weighted by molar-refractivity contribution is 6.31. The van der Waals surface area contributed by atoms with Crippen LogP contribution >= 0.6 is 11.6 Å². The van der Waals surface area contributed by atoms with Crippen molar-refractivity contribution >= 4 is 17.3 Å². The third kappa shape index (κ3) is 3.42. The number of hydrogen-bond acceptors (Lipinski definition) is 2. The highest BCUT2D eigenvalue weighted by Crippen LogP contribution is 2.23. The Labute approximate surface area is 119 Å². The van der Waals surface area contributed by atoms with E-state index in [0.29, 0.717) is 6.61 Å². The first-order valence-electron chi connectivity index (χ1n) is 6.36. The summed E-state index contributed by atoms with van der Waals surface area (Å²) in [5.41, 5.74) is 10.0. The van der Waals surface area contributed by atoms with E-state index < -0.39 is 0 Å². The zero-order chi connectivity index (χ0) is 13.8. The summed E-state index contributed by atoms with van der Waals surface area (Å²) in [5.74, 6) is 0.825. The molecular formula is C16H18ClNO. The van der Waals surface area contributed by atoms with Crippen LogP contribution in [0.15, 0.2) is 36.4 Å². The van der Waals surface area contributed by atoms with Crippen molar-refractivity contribution in [3.05, 3.63) is 58.1 Å². The molecule has 3 heteroatoms. The molecule has 100 valence electrons. The van der Waals surface area contributed by atoms with Crippen molar-refractivity contribution in [3.63, 3.8) is 0 Å². The second kappa shape index (κ2) is 5.98. The van der Waals surface area contributed by atoms with Crippen molar-refractivity contribution in [2.75, 3.05) is 5.73 Å². The summed E-state index contributed by atoms with van der Waals surface area (Å²) >= 11 is 5.99. The van der Waals surface area contributed by atoms with Gasteiger partial charge in [0.2, 0.25) is 0 Å². The average molecular weight is 276 g/mol. The quantitative estimate of drug-likeness (QED) is 0.841. The first-order chi connectivity index (χ1) is 9.10. The van der Waals surface area contributed by atoms with Crippen molar-refractivity contribution in [2.24, 2.45) is 0 Å². The lowest BCUT2D eigenvalue weighted by Gasteiger charge is -2.11. The van der Waals surface area contributed by atoms with Crippen LogP contribution in [0.2, 0.25) is 5.02 Å². The lowest BCUT2D eigenvalue weighted by Crippen LogP contribution is -2.01. The Morgan fingerprint density at radius 3 is 2.58 bits per heavy atom. The van der Waals surface area contributed by atoms with Crippen LogP contribution in [-0.2, 0) is 13.0 Å². The van der Waals surface area contributed by atoms with Crippen LogP contribution in [0.4, 0.5) is 5.69 Å². The van der Waals surface area contributed by atoms with Gasteiger partial charge in [0.25, 0.3) is 0 Å². The number of aryl methyl sites for hydroxylation is 2. The lowest BCUT2D eigenvalue weighted by atomic mass is 10.1. The van der Waals surface area contributed by atoms with Gasteiger partial charge in [-0.1, -0.05) is 24.6 Å². The van der Waals surface area contributed by atoms with Gasteiger partial charge in [0, 0.05) is 10.7 Å². The highest BCUT2D eigenvalue weighted by Gasteiger charge is 2.04. The van der Waals surface area contributed by atoms with E-state index in [-0.39, 0.29) is 0 Å². The minimum Gasteiger partial charge on any atom is -0.489 e. The monoisotopic (exact) mass is 275 g/mol. The van der Waals surface area contributed by atoms with E-state index in [2.05, 4.69) is 13.0 Å². The first kappa shape index (κ1) is 13.8. The number of halogens is 1. The fraction of sp³-hybridized carbons (Fsp3) is 0.250. The standard InChI is InChI=1S/C16H18ClNO/c1-3-12-4-5-14(18)9-13(12)10-19-15-6-7-16(17)11(2)8-15/h4-9H,3,10,18H2,1-2H3. The molecule has 2 rings (SSSR count). The Balaban J connectivity index is 2.13. The molecule has 0 unspecified atom stereocenters. The molecule has 0 heterocycles. The van der Waals surface area contributed by atoms with Gasteiger partial charge in [0.05, 0.1) is 0 Å². The van der Waals surface area contributed by atoms with E-state index in [4.69, 9.17) is 22.1 Å². The molecule has 0 aliphatic carbocycles. The van der Waals surface area contributed by atoms with Gasteiger partial charge >= 0.3 is 0 Å². The van der Waals surface area contributed by atoms with E-state index in [9.17, 15) is 0 Å². The van der Waals surface area contributed by atoms with Gasteiger partial charge in [-0.2, -0.15) is 0 Å². The van der Waals surface area contributed by atoms with Crippen molar-refractivity contribution in [3.8, 4) is 5.75 Å². The summed E-state index contributed by atoms with van der Waals surface area (Å²) in [7, 11) is 0. The molecule has 0 aliphatic heterocycles. The summed E-state index contributed by atoms with van der Waals surface area (Å²) in [6.07, 6.45) is 0.971. The van der Waals surface area contributed by atoms with Crippen LogP contribution in [0.1, 0.15) is 23.6 Å². The van der Waals surface area contributed by atoms with E-state index in [1.54, 1.807) is 0 Å². The molecule has 2 N–H and O–H groups in total. The van der Waals surface area contributed by atoms with E-state index in [1.807, 2.05) is 37.3 Å². The molecule has 0 fully saturated rings. The van der Waals surface area contributed by atoms with Gasteiger partial charge in [-0.15, -0.1) is 0 Å². The molecule has 0 aliphatic rings. The van der Waals surface area contributed by atoms with Gasteiger partial charge in [-0.3, -0.25) is 0 Å². The molecule has 2 nitrogen and oxygen atoms in total. The molecule has 2 aromatic carbocycles.